The minimum Gasteiger partial charge on any atom is -0.473 e. The number of aromatic nitrogens is 2. The van der Waals surface area contributed by atoms with E-state index in [9.17, 15) is 0 Å². The molecule has 1 aromatic heterocycles. The van der Waals surface area contributed by atoms with Crippen molar-refractivity contribution in [3.63, 3.8) is 0 Å². The first-order valence-electron chi connectivity index (χ1n) is 6.61. The first-order chi connectivity index (χ1) is 8.90. The summed E-state index contributed by atoms with van der Waals surface area (Å²) >= 11 is 0. The molecule has 4 heteroatoms. The molecule has 0 aromatic carbocycles. The third-order valence-electron chi connectivity index (χ3n) is 3.17. The van der Waals surface area contributed by atoms with E-state index in [4.69, 9.17) is 4.74 Å². The average Bonchev–Trinajstić information content (AvgIpc) is 3.22. The van der Waals surface area contributed by atoms with E-state index in [2.05, 4.69) is 27.1 Å². The van der Waals surface area contributed by atoms with Crippen LogP contribution in [0.2, 0.25) is 0 Å². The van der Waals surface area contributed by atoms with Crippen LogP contribution in [0.15, 0.2) is 12.4 Å². The third kappa shape index (κ3) is 3.21. The van der Waals surface area contributed by atoms with E-state index < -0.39 is 0 Å². The van der Waals surface area contributed by atoms with Gasteiger partial charge in [-0.1, -0.05) is 5.92 Å². The van der Waals surface area contributed by atoms with Gasteiger partial charge in [-0.25, -0.2) is 4.98 Å². The molecular formula is C14H17N3O. The Morgan fingerprint density at radius 2 is 2.00 bits per heavy atom. The second-order valence-corrected chi connectivity index (χ2v) is 4.85. The molecule has 0 spiro atoms. The van der Waals surface area contributed by atoms with Crippen LogP contribution in [0.1, 0.15) is 31.4 Å². The van der Waals surface area contributed by atoms with Gasteiger partial charge in [0.2, 0.25) is 5.88 Å². The van der Waals surface area contributed by atoms with Crippen molar-refractivity contribution in [3.05, 3.63) is 18.1 Å². The maximum absolute atomic E-state index is 5.84. The minimum absolute atomic E-state index is 0.257. The van der Waals surface area contributed by atoms with Crippen LogP contribution in [0, 0.1) is 17.8 Å². The molecule has 94 valence electrons. The molecule has 2 aliphatic rings. The second-order valence-electron chi connectivity index (χ2n) is 4.85. The van der Waals surface area contributed by atoms with Crippen LogP contribution in [0.25, 0.3) is 0 Å². The number of piperidine rings is 1. The quantitative estimate of drug-likeness (QED) is 0.797. The fourth-order valence-electron chi connectivity index (χ4n) is 1.95. The topological polar surface area (TPSA) is 47.0 Å². The number of hydrogen-bond acceptors (Lipinski definition) is 4. The SMILES string of the molecule is C(#CC1CC1)c1cncc(OC2CCNCC2)n1. The van der Waals surface area contributed by atoms with Gasteiger partial charge in [-0.2, -0.15) is 0 Å². The van der Waals surface area contributed by atoms with Crippen molar-refractivity contribution >= 4 is 0 Å². The molecule has 0 unspecified atom stereocenters. The molecule has 2 fully saturated rings. The van der Waals surface area contributed by atoms with E-state index in [1.165, 1.54) is 12.8 Å². The fourth-order valence-corrected chi connectivity index (χ4v) is 1.95. The van der Waals surface area contributed by atoms with E-state index in [-0.39, 0.29) is 6.10 Å². The number of nitrogens with one attached hydrogen (secondary N) is 1. The molecule has 4 nitrogen and oxygen atoms in total. The lowest BCUT2D eigenvalue weighted by Gasteiger charge is -2.22. The maximum atomic E-state index is 5.84. The van der Waals surface area contributed by atoms with Crippen molar-refractivity contribution in [2.75, 3.05) is 13.1 Å². The molecule has 2 heterocycles. The number of ether oxygens (including phenoxy) is 1. The van der Waals surface area contributed by atoms with Gasteiger partial charge < -0.3 is 10.1 Å². The monoisotopic (exact) mass is 243 g/mol. The molecule has 1 aliphatic carbocycles. The highest BCUT2D eigenvalue weighted by molar-refractivity contribution is 5.29. The lowest BCUT2D eigenvalue weighted by molar-refractivity contribution is 0.155. The molecule has 0 bridgehead atoms. The summed E-state index contributed by atoms with van der Waals surface area (Å²) in [4.78, 5) is 8.53. The lowest BCUT2D eigenvalue weighted by atomic mass is 10.1. The van der Waals surface area contributed by atoms with Gasteiger partial charge in [0.15, 0.2) is 0 Å². The third-order valence-corrected chi connectivity index (χ3v) is 3.17. The molecule has 1 N–H and O–H groups in total. The summed E-state index contributed by atoms with van der Waals surface area (Å²) in [5.41, 5.74) is 0.716. The standard InChI is InChI=1S/C14H17N3O/c1-2-11(1)3-4-12-9-16-10-14(17-12)18-13-5-7-15-8-6-13/h9-11,13,15H,1-2,5-8H2. The minimum atomic E-state index is 0.257. The first kappa shape index (κ1) is 11.5. The Morgan fingerprint density at radius 3 is 2.78 bits per heavy atom. The summed E-state index contributed by atoms with van der Waals surface area (Å²) in [6.07, 6.45) is 8.14. The van der Waals surface area contributed by atoms with Gasteiger partial charge in [0, 0.05) is 5.92 Å². The van der Waals surface area contributed by atoms with Gasteiger partial charge >= 0.3 is 0 Å². The van der Waals surface area contributed by atoms with Crippen LogP contribution < -0.4 is 10.1 Å². The first-order valence-corrected chi connectivity index (χ1v) is 6.61. The van der Waals surface area contributed by atoms with Gasteiger partial charge in [-0.3, -0.25) is 4.98 Å². The zero-order valence-electron chi connectivity index (χ0n) is 10.4. The normalized spacial score (nSPS) is 20.0. The van der Waals surface area contributed by atoms with Crippen LogP contribution in [-0.2, 0) is 0 Å². The maximum Gasteiger partial charge on any atom is 0.233 e. The van der Waals surface area contributed by atoms with E-state index in [1.807, 2.05) is 0 Å². The summed E-state index contributed by atoms with van der Waals surface area (Å²) in [5.74, 6) is 7.44. The summed E-state index contributed by atoms with van der Waals surface area (Å²) in [5, 5.41) is 3.31. The van der Waals surface area contributed by atoms with Gasteiger partial charge in [0.05, 0.1) is 12.4 Å². The summed E-state index contributed by atoms with van der Waals surface area (Å²) in [7, 11) is 0. The predicted octanol–water partition coefficient (Wildman–Crippen LogP) is 1.37. The summed E-state index contributed by atoms with van der Waals surface area (Å²) < 4.78 is 5.84. The van der Waals surface area contributed by atoms with Gasteiger partial charge in [-0.15, -0.1) is 0 Å². The molecule has 1 saturated heterocycles. The van der Waals surface area contributed by atoms with Gasteiger partial charge in [0.25, 0.3) is 0 Å². The molecule has 0 radical (unpaired) electrons. The summed E-state index contributed by atoms with van der Waals surface area (Å²) in [6.45, 7) is 2.03. The summed E-state index contributed by atoms with van der Waals surface area (Å²) in [6, 6.07) is 0. The van der Waals surface area contributed by atoms with Crippen molar-refractivity contribution in [1.29, 1.82) is 0 Å². The van der Waals surface area contributed by atoms with E-state index >= 15 is 0 Å². The van der Waals surface area contributed by atoms with Crippen LogP contribution in [0.4, 0.5) is 0 Å². The zero-order valence-corrected chi connectivity index (χ0v) is 10.4. The van der Waals surface area contributed by atoms with Crippen molar-refractivity contribution in [2.45, 2.75) is 31.8 Å². The van der Waals surface area contributed by atoms with Crippen LogP contribution in [0.5, 0.6) is 5.88 Å². The molecule has 1 aliphatic heterocycles. The van der Waals surface area contributed by atoms with Crippen LogP contribution in [-0.4, -0.2) is 29.2 Å². The highest BCUT2D eigenvalue weighted by Crippen LogP contribution is 2.27. The van der Waals surface area contributed by atoms with Gasteiger partial charge in [0.1, 0.15) is 11.8 Å². The average molecular weight is 243 g/mol. The van der Waals surface area contributed by atoms with E-state index in [0.717, 1.165) is 25.9 Å². The Hall–Kier alpha value is -1.60. The highest BCUT2D eigenvalue weighted by Gasteiger charge is 2.18. The number of hydrogen-bond donors (Lipinski definition) is 1. The van der Waals surface area contributed by atoms with Crippen LogP contribution in [0.3, 0.4) is 0 Å². The van der Waals surface area contributed by atoms with Gasteiger partial charge in [-0.05, 0) is 44.7 Å². The second kappa shape index (κ2) is 5.36. The van der Waals surface area contributed by atoms with Crippen molar-refractivity contribution in [1.82, 2.24) is 15.3 Å². The molecule has 0 atom stereocenters. The van der Waals surface area contributed by atoms with E-state index in [1.54, 1.807) is 12.4 Å². The van der Waals surface area contributed by atoms with Crippen LogP contribution >= 0.6 is 0 Å². The Bertz CT molecular complexity index is 467. The Balaban J connectivity index is 1.64. The molecule has 18 heavy (non-hydrogen) atoms. The van der Waals surface area contributed by atoms with Crippen molar-refractivity contribution in [2.24, 2.45) is 5.92 Å². The lowest BCUT2D eigenvalue weighted by Crippen LogP contribution is -2.34. The zero-order chi connectivity index (χ0) is 12.2. The Kier molecular flexibility index (Phi) is 3.42. The molecule has 1 aromatic rings. The molecular weight excluding hydrogens is 226 g/mol. The largest absolute Gasteiger partial charge is 0.473 e. The predicted molar refractivity (Wildman–Crippen MR) is 68.2 cm³/mol. The molecule has 1 saturated carbocycles. The van der Waals surface area contributed by atoms with Crippen molar-refractivity contribution in [3.8, 4) is 17.7 Å². The Morgan fingerprint density at radius 1 is 1.17 bits per heavy atom. The number of rotatable bonds is 2. The fraction of sp³-hybridized carbons (Fsp3) is 0.571. The smallest absolute Gasteiger partial charge is 0.233 e. The highest BCUT2D eigenvalue weighted by atomic mass is 16.5. The molecule has 3 rings (SSSR count). The van der Waals surface area contributed by atoms with E-state index in [0.29, 0.717) is 17.5 Å². The Labute approximate surface area is 107 Å². The van der Waals surface area contributed by atoms with Crippen molar-refractivity contribution < 1.29 is 4.74 Å². The number of nitrogens with zero attached hydrogens (tertiary/aromatic N) is 2. The molecule has 0 amide bonds.